The lowest BCUT2D eigenvalue weighted by Gasteiger charge is -2.39. The van der Waals surface area contributed by atoms with E-state index in [0.29, 0.717) is 25.9 Å². The number of amides is 1. The van der Waals surface area contributed by atoms with Gasteiger partial charge in [-0.3, -0.25) is 0 Å². The van der Waals surface area contributed by atoms with Crippen LogP contribution in [0.2, 0.25) is 5.02 Å². The van der Waals surface area contributed by atoms with Crippen LogP contribution in [0, 0.1) is 11.7 Å². The number of methoxy groups -OCH3 is 1. The summed E-state index contributed by atoms with van der Waals surface area (Å²) >= 11 is 5.91. The molecule has 2 atom stereocenters. The van der Waals surface area contributed by atoms with Gasteiger partial charge in [0.25, 0.3) is 0 Å². The highest BCUT2D eigenvalue weighted by atomic mass is 35.5. The van der Waals surface area contributed by atoms with Crippen molar-refractivity contribution in [2.75, 3.05) is 26.7 Å². The second kappa shape index (κ2) is 8.65. The smallest absolute Gasteiger partial charge is 0.406 e. The molecule has 0 saturated carbocycles. The minimum atomic E-state index is -1.33. The van der Waals surface area contributed by atoms with Gasteiger partial charge < -0.3 is 20.5 Å². The van der Waals surface area contributed by atoms with E-state index in [1.54, 1.807) is 12.1 Å². The standard InChI is InChI=1S/C17H24ClFN2O3/c1-24-16(22)21-10-4-8-17(23,12-5-3-9-20-11-12)13-6-2-7-14(18)15(13)19/h2,6-7,12,20,23H,3-5,8-11H2,1H3,(H,21,22)/t12-,17?/m1/s1. The molecule has 1 aromatic carbocycles. The van der Waals surface area contributed by atoms with Crippen molar-refractivity contribution >= 4 is 17.7 Å². The number of carbonyl (C=O) groups is 1. The fraction of sp³-hybridized carbons (Fsp3) is 0.588. The van der Waals surface area contributed by atoms with E-state index < -0.39 is 17.5 Å². The van der Waals surface area contributed by atoms with Gasteiger partial charge in [-0.25, -0.2) is 9.18 Å². The average Bonchev–Trinajstić information content (AvgIpc) is 2.61. The number of ether oxygens (including phenoxy) is 1. The van der Waals surface area contributed by atoms with Crippen LogP contribution in [0.5, 0.6) is 0 Å². The van der Waals surface area contributed by atoms with Crippen molar-refractivity contribution in [1.82, 2.24) is 10.6 Å². The van der Waals surface area contributed by atoms with Crippen LogP contribution in [-0.4, -0.2) is 37.9 Å². The van der Waals surface area contributed by atoms with Crippen molar-refractivity contribution in [2.24, 2.45) is 5.92 Å². The fourth-order valence-corrected chi connectivity index (χ4v) is 3.45. The Morgan fingerprint density at radius 1 is 1.58 bits per heavy atom. The van der Waals surface area contributed by atoms with Crippen LogP contribution >= 0.6 is 11.6 Å². The van der Waals surface area contributed by atoms with Gasteiger partial charge in [0, 0.05) is 24.6 Å². The summed E-state index contributed by atoms with van der Waals surface area (Å²) in [7, 11) is 1.29. The zero-order chi connectivity index (χ0) is 17.6. The SMILES string of the molecule is COC(=O)NCCCC(O)(c1cccc(Cl)c1F)[C@@H]1CCCNC1. The Balaban J connectivity index is 2.17. The first-order chi connectivity index (χ1) is 11.5. The van der Waals surface area contributed by atoms with Gasteiger partial charge in [-0.15, -0.1) is 0 Å². The van der Waals surface area contributed by atoms with Crippen LogP contribution in [0.25, 0.3) is 0 Å². The lowest BCUT2D eigenvalue weighted by molar-refractivity contribution is -0.0447. The molecule has 1 aromatic rings. The molecule has 1 amide bonds. The second-order valence-electron chi connectivity index (χ2n) is 6.09. The van der Waals surface area contributed by atoms with Crippen molar-refractivity contribution in [3.8, 4) is 0 Å². The Hall–Kier alpha value is -1.37. The van der Waals surface area contributed by atoms with Crippen LogP contribution in [0.4, 0.5) is 9.18 Å². The minimum absolute atomic E-state index is 0.00220. The molecule has 2 rings (SSSR count). The number of hydrogen-bond donors (Lipinski definition) is 3. The summed E-state index contributed by atoms with van der Waals surface area (Å²) in [6.07, 6.45) is 2.02. The summed E-state index contributed by atoms with van der Waals surface area (Å²) in [5.41, 5.74) is -1.11. The molecule has 1 fully saturated rings. The van der Waals surface area contributed by atoms with Gasteiger partial charge in [-0.1, -0.05) is 23.7 Å². The first-order valence-corrected chi connectivity index (χ1v) is 8.56. The number of halogens is 2. The molecule has 134 valence electrons. The zero-order valence-corrected chi connectivity index (χ0v) is 14.5. The third kappa shape index (κ3) is 4.37. The van der Waals surface area contributed by atoms with Gasteiger partial charge in [0.2, 0.25) is 0 Å². The Morgan fingerprint density at radius 2 is 2.38 bits per heavy atom. The molecule has 1 heterocycles. The molecule has 7 heteroatoms. The van der Waals surface area contributed by atoms with Crippen molar-refractivity contribution in [3.05, 3.63) is 34.6 Å². The zero-order valence-electron chi connectivity index (χ0n) is 13.8. The van der Waals surface area contributed by atoms with Gasteiger partial charge in [-0.05, 0) is 38.3 Å². The van der Waals surface area contributed by atoms with E-state index in [2.05, 4.69) is 15.4 Å². The maximum atomic E-state index is 14.5. The Kier molecular flexibility index (Phi) is 6.83. The Labute approximate surface area is 146 Å². The number of nitrogens with one attached hydrogen (secondary N) is 2. The summed E-state index contributed by atoms with van der Waals surface area (Å²) < 4.78 is 19.1. The second-order valence-corrected chi connectivity index (χ2v) is 6.50. The summed E-state index contributed by atoms with van der Waals surface area (Å²) in [6, 6.07) is 4.71. The molecule has 1 saturated heterocycles. The van der Waals surface area contributed by atoms with Gasteiger partial charge in [0.05, 0.1) is 17.7 Å². The third-order valence-electron chi connectivity index (χ3n) is 4.58. The quantitative estimate of drug-likeness (QED) is 0.684. The van der Waals surface area contributed by atoms with Crippen LogP contribution < -0.4 is 10.6 Å². The highest BCUT2D eigenvalue weighted by Gasteiger charge is 2.40. The van der Waals surface area contributed by atoms with E-state index in [-0.39, 0.29) is 16.5 Å². The normalized spacial score (nSPS) is 20.2. The molecule has 0 aliphatic carbocycles. The van der Waals surface area contributed by atoms with Gasteiger partial charge in [-0.2, -0.15) is 0 Å². The maximum Gasteiger partial charge on any atom is 0.406 e. The van der Waals surface area contributed by atoms with Crippen LogP contribution in [0.1, 0.15) is 31.2 Å². The molecule has 24 heavy (non-hydrogen) atoms. The number of carbonyl (C=O) groups excluding carboxylic acids is 1. The first kappa shape index (κ1) is 19.0. The third-order valence-corrected chi connectivity index (χ3v) is 4.87. The lowest BCUT2D eigenvalue weighted by Crippen LogP contribution is -2.45. The van der Waals surface area contributed by atoms with Crippen LogP contribution in [-0.2, 0) is 10.3 Å². The highest BCUT2D eigenvalue weighted by Crippen LogP contribution is 2.40. The van der Waals surface area contributed by atoms with E-state index in [1.807, 2.05) is 0 Å². The Morgan fingerprint density at radius 3 is 3.04 bits per heavy atom. The van der Waals surface area contributed by atoms with Crippen LogP contribution in [0.3, 0.4) is 0 Å². The summed E-state index contributed by atoms with van der Waals surface area (Å²) in [5, 5.41) is 17.2. The summed E-state index contributed by atoms with van der Waals surface area (Å²) in [5.74, 6) is -0.689. The predicted octanol–water partition coefficient (Wildman–Crippen LogP) is 2.80. The lowest BCUT2D eigenvalue weighted by atomic mass is 9.74. The van der Waals surface area contributed by atoms with Crippen molar-refractivity contribution in [2.45, 2.75) is 31.3 Å². The van der Waals surface area contributed by atoms with Crippen molar-refractivity contribution < 1.29 is 19.0 Å². The highest BCUT2D eigenvalue weighted by molar-refractivity contribution is 6.30. The van der Waals surface area contributed by atoms with Gasteiger partial charge >= 0.3 is 6.09 Å². The van der Waals surface area contributed by atoms with E-state index in [9.17, 15) is 14.3 Å². The fourth-order valence-electron chi connectivity index (χ4n) is 3.28. The number of piperidine rings is 1. The van der Waals surface area contributed by atoms with Crippen molar-refractivity contribution in [1.29, 1.82) is 0 Å². The number of hydrogen-bond acceptors (Lipinski definition) is 4. The molecule has 1 unspecified atom stereocenters. The molecule has 3 N–H and O–H groups in total. The average molecular weight is 359 g/mol. The molecular weight excluding hydrogens is 335 g/mol. The molecule has 0 bridgehead atoms. The minimum Gasteiger partial charge on any atom is -0.453 e. The number of aliphatic hydroxyl groups is 1. The van der Waals surface area contributed by atoms with Crippen LogP contribution in [0.15, 0.2) is 18.2 Å². The molecule has 0 radical (unpaired) electrons. The summed E-state index contributed by atoms with van der Waals surface area (Å²) in [6.45, 7) is 1.86. The first-order valence-electron chi connectivity index (χ1n) is 8.18. The Bertz CT molecular complexity index is 567. The maximum absolute atomic E-state index is 14.5. The van der Waals surface area contributed by atoms with Crippen molar-refractivity contribution in [3.63, 3.8) is 0 Å². The number of alkyl carbamates (subject to hydrolysis) is 1. The van der Waals surface area contributed by atoms with E-state index >= 15 is 0 Å². The topological polar surface area (TPSA) is 70.6 Å². The van der Waals surface area contributed by atoms with E-state index in [1.165, 1.54) is 13.2 Å². The largest absolute Gasteiger partial charge is 0.453 e. The predicted molar refractivity (Wildman–Crippen MR) is 90.5 cm³/mol. The molecule has 1 aliphatic heterocycles. The molecule has 0 spiro atoms. The molecule has 1 aliphatic rings. The molecule has 5 nitrogen and oxygen atoms in total. The number of rotatable bonds is 6. The summed E-state index contributed by atoms with van der Waals surface area (Å²) in [4.78, 5) is 11.1. The molecular formula is C17H24ClFN2O3. The van der Waals surface area contributed by atoms with Gasteiger partial charge in [0.1, 0.15) is 5.82 Å². The number of benzene rings is 1. The van der Waals surface area contributed by atoms with E-state index in [4.69, 9.17) is 11.6 Å². The molecule has 0 aromatic heterocycles. The van der Waals surface area contributed by atoms with E-state index in [0.717, 1.165) is 19.4 Å². The van der Waals surface area contributed by atoms with Gasteiger partial charge in [0.15, 0.2) is 0 Å². The monoisotopic (exact) mass is 358 g/mol.